The molecule has 0 saturated carbocycles. The third kappa shape index (κ3) is 4.07. The van der Waals surface area contributed by atoms with E-state index in [0.29, 0.717) is 22.5 Å². The molecule has 0 N–H and O–H groups in total. The van der Waals surface area contributed by atoms with Gasteiger partial charge in [0, 0.05) is 27.1 Å². The van der Waals surface area contributed by atoms with Crippen molar-refractivity contribution in [2.24, 2.45) is 0 Å². The average molecular weight is 602 g/mol. The maximum absolute atomic E-state index is 16.2. The van der Waals surface area contributed by atoms with Crippen molar-refractivity contribution in [3.05, 3.63) is 143 Å². The molecule has 222 valence electrons. The van der Waals surface area contributed by atoms with Crippen molar-refractivity contribution in [1.29, 1.82) is 5.26 Å². The number of nitrogens with zero attached hydrogens (tertiary/aromatic N) is 3. The predicted molar refractivity (Wildman–Crippen MR) is 184 cm³/mol. The lowest BCUT2D eigenvalue weighted by molar-refractivity contribution is 0.589. The monoisotopic (exact) mass is 601 g/mol. The quantitative estimate of drug-likeness (QED) is 0.198. The highest BCUT2D eigenvalue weighted by atomic mass is 19.1. The standard InChI is InChI=1S/C41H29F2N3/c1-23-8-12-28-29-13-9-24(2)17-35(29)45(34(28)16-23)38-20-27(22-44)21-39(41(38)40-32(42)6-5-7-33(40)43)46-36-18-25(3)10-14-30(36)31-15-11-26(4)19-37(31)46/h5-21H,1-4H3. The second-order valence-corrected chi connectivity index (χ2v) is 12.4. The summed E-state index contributed by atoms with van der Waals surface area (Å²) < 4.78 is 36.4. The first-order valence-corrected chi connectivity index (χ1v) is 15.3. The summed E-state index contributed by atoms with van der Waals surface area (Å²) in [4.78, 5) is 0. The van der Waals surface area contributed by atoms with E-state index in [1.165, 1.54) is 18.2 Å². The van der Waals surface area contributed by atoms with Crippen LogP contribution in [0.25, 0.3) is 66.1 Å². The van der Waals surface area contributed by atoms with Crippen LogP contribution in [0.2, 0.25) is 0 Å². The molecule has 0 unspecified atom stereocenters. The maximum Gasteiger partial charge on any atom is 0.134 e. The smallest absolute Gasteiger partial charge is 0.134 e. The van der Waals surface area contributed by atoms with Crippen molar-refractivity contribution in [2.45, 2.75) is 27.7 Å². The van der Waals surface area contributed by atoms with Gasteiger partial charge in [-0.25, -0.2) is 8.78 Å². The van der Waals surface area contributed by atoms with Crippen molar-refractivity contribution in [3.63, 3.8) is 0 Å². The highest BCUT2D eigenvalue weighted by molar-refractivity contribution is 6.12. The molecular formula is C41H29F2N3. The molecule has 46 heavy (non-hydrogen) atoms. The fourth-order valence-electron chi connectivity index (χ4n) is 7.02. The topological polar surface area (TPSA) is 33.6 Å². The van der Waals surface area contributed by atoms with Crippen molar-refractivity contribution in [2.75, 3.05) is 0 Å². The minimum absolute atomic E-state index is 0.136. The lowest BCUT2D eigenvalue weighted by Crippen LogP contribution is -2.07. The van der Waals surface area contributed by atoms with Crippen LogP contribution in [0.1, 0.15) is 27.8 Å². The van der Waals surface area contributed by atoms with Crippen molar-refractivity contribution in [1.82, 2.24) is 9.13 Å². The van der Waals surface area contributed by atoms with Gasteiger partial charge in [0.1, 0.15) is 11.6 Å². The van der Waals surface area contributed by atoms with Crippen molar-refractivity contribution >= 4 is 43.6 Å². The summed E-state index contributed by atoms with van der Waals surface area (Å²) in [5.74, 6) is -1.35. The molecule has 0 radical (unpaired) electrons. The first kappa shape index (κ1) is 27.8. The molecule has 2 heterocycles. The number of rotatable bonds is 3. The van der Waals surface area contributed by atoms with E-state index in [1.54, 1.807) is 12.1 Å². The Labute approximate surface area is 265 Å². The van der Waals surface area contributed by atoms with Crippen molar-refractivity contribution in [3.8, 4) is 28.6 Å². The zero-order valence-corrected chi connectivity index (χ0v) is 25.9. The first-order valence-electron chi connectivity index (χ1n) is 15.3. The molecule has 0 spiro atoms. The number of fused-ring (bicyclic) bond motifs is 6. The zero-order valence-electron chi connectivity index (χ0n) is 25.9. The summed E-state index contributed by atoms with van der Waals surface area (Å²) in [5.41, 5.74) is 9.48. The molecule has 3 nitrogen and oxygen atoms in total. The lowest BCUT2D eigenvalue weighted by Gasteiger charge is -2.21. The van der Waals surface area contributed by atoms with Gasteiger partial charge in [0.2, 0.25) is 0 Å². The minimum Gasteiger partial charge on any atom is -0.308 e. The van der Waals surface area contributed by atoms with E-state index < -0.39 is 11.6 Å². The number of aromatic nitrogens is 2. The van der Waals surface area contributed by atoms with E-state index in [4.69, 9.17) is 0 Å². The molecule has 0 bridgehead atoms. The van der Waals surface area contributed by atoms with Crippen LogP contribution in [0.4, 0.5) is 8.78 Å². The van der Waals surface area contributed by atoms with Gasteiger partial charge < -0.3 is 9.13 Å². The van der Waals surface area contributed by atoms with E-state index in [2.05, 4.69) is 88.0 Å². The fraction of sp³-hybridized carbons (Fsp3) is 0.0976. The Morgan fingerprint density at radius 3 is 1.15 bits per heavy atom. The molecule has 2 aromatic heterocycles. The van der Waals surface area contributed by atoms with Crippen LogP contribution in [0, 0.1) is 50.7 Å². The van der Waals surface area contributed by atoms with Crippen LogP contribution in [0.5, 0.6) is 0 Å². The minimum atomic E-state index is -0.673. The summed E-state index contributed by atoms with van der Waals surface area (Å²) in [6, 6.07) is 34.9. The van der Waals surface area contributed by atoms with Crippen LogP contribution in [-0.2, 0) is 0 Å². The van der Waals surface area contributed by atoms with E-state index in [9.17, 15) is 5.26 Å². The molecule has 0 aliphatic rings. The molecule has 0 atom stereocenters. The maximum atomic E-state index is 16.2. The van der Waals surface area contributed by atoms with Gasteiger partial charge >= 0.3 is 0 Å². The van der Waals surface area contributed by atoms with E-state index in [1.807, 2.05) is 27.7 Å². The summed E-state index contributed by atoms with van der Waals surface area (Å²) in [6.07, 6.45) is 0. The normalized spacial score (nSPS) is 11.7. The van der Waals surface area contributed by atoms with Crippen LogP contribution in [0.15, 0.2) is 103 Å². The molecule has 8 aromatic rings. The van der Waals surface area contributed by atoms with E-state index >= 15 is 8.78 Å². The zero-order chi connectivity index (χ0) is 31.9. The van der Waals surface area contributed by atoms with Gasteiger partial charge in [-0.05, 0) is 98.5 Å². The second-order valence-electron chi connectivity index (χ2n) is 12.4. The summed E-state index contributed by atoms with van der Waals surface area (Å²) in [6.45, 7) is 8.13. The average Bonchev–Trinajstić information content (AvgIpc) is 3.51. The molecule has 8 rings (SSSR count). The molecule has 0 aliphatic carbocycles. The SMILES string of the molecule is Cc1ccc2c3ccc(C)cc3n(-c3cc(C#N)cc(-n4c5cc(C)ccc5c5ccc(C)cc54)c3-c3c(F)cccc3F)c2c1. The van der Waals surface area contributed by atoms with Gasteiger partial charge in [0.25, 0.3) is 0 Å². The van der Waals surface area contributed by atoms with Gasteiger partial charge in [0.05, 0.1) is 50.6 Å². The van der Waals surface area contributed by atoms with E-state index in [0.717, 1.165) is 65.9 Å². The Morgan fingerprint density at radius 2 is 0.826 bits per heavy atom. The van der Waals surface area contributed by atoms with Gasteiger partial charge in [0.15, 0.2) is 0 Å². The van der Waals surface area contributed by atoms with Gasteiger partial charge in [-0.3, -0.25) is 0 Å². The summed E-state index contributed by atoms with van der Waals surface area (Å²) in [5, 5.41) is 14.5. The predicted octanol–water partition coefficient (Wildman–Crippen LogP) is 10.9. The van der Waals surface area contributed by atoms with Gasteiger partial charge in [-0.15, -0.1) is 0 Å². The van der Waals surface area contributed by atoms with Gasteiger partial charge in [-0.2, -0.15) is 5.26 Å². The Morgan fingerprint density at radius 1 is 0.478 bits per heavy atom. The Bertz CT molecular complexity index is 2330. The number of hydrogen-bond acceptors (Lipinski definition) is 1. The molecule has 0 aliphatic heterocycles. The fourth-order valence-corrected chi connectivity index (χ4v) is 7.02. The van der Waals surface area contributed by atoms with Gasteiger partial charge in [-0.1, -0.05) is 54.6 Å². The van der Waals surface area contributed by atoms with Crippen molar-refractivity contribution < 1.29 is 8.78 Å². The number of aryl methyl sites for hydroxylation is 4. The van der Waals surface area contributed by atoms with E-state index in [-0.39, 0.29) is 5.56 Å². The number of nitriles is 1. The largest absolute Gasteiger partial charge is 0.308 e. The summed E-state index contributed by atoms with van der Waals surface area (Å²) in [7, 11) is 0. The third-order valence-corrected chi connectivity index (χ3v) is 9.08. The van der Waals surface area contributed by atoms with Crippen LogP contribution in [0.3, 0.4) is 0 Å². The Balaban J connectivity index is 1.66. The highest BCUT2D eigenvalue weighted by Gasteiger charge is 2.26. The van der Waals surface area contributed by atoms with Crippen LogP contribution in [-0.4, -0.2) is 9.13 Å². The molecule has 0 amide bonds. The molecule has 5 heteroatoms. The van der Waals surface area contributed by atoms with Crippen LogP contribution >= 0.6 is 0 Å². The molecular weight excluding hydrogens is 572 g/mol. The molecule has 0 saturated heterocycles. The molecule has 0 fully saturated rings. The summed E-state index contributed by atoms with van der Waals surface area (Å²) >= 11 is 0. The first-order chi connectivity index (χ1) is 22.2. The Kier molecular flexibility index (Phi) is 6.13. The number of hydrogen-bond donors (Lipinski definition) is 0. The number of benzene rings is 6. The van der Waals surface area contributed by atoms with Crippen LogP contribution < -0.4 is 0 Å². The highest BCUT2D eigenvalue weighted by Crippen LogP contribution is 2.44. The lowest BCUT2D eigenvalue weighted by atomic mass is 9.97. The third-order valence-electron chi connectivity index (χ3n) is 9.08. The number of halogens is 2. The second kappa shape index (κ2) is 10.2. The molecule has 6 aromatic carbocycles. The Hall–Kier alpha value is -5.73.